The number of benzene rings is 1. The zero-order chi connectivity index (χ0) is 15.0. The molecule has 0 radical (unpaired) electrons. The van der Waals surface area contributed by atoms with Crippen LogP contribution < -0.4 is 0 Å². The molecule has 1 aliphatic rings. The van der Waals surface area contributed by atoms with Crippen molar-refractivity contribution in [3.63, 3.8) is 0 Å². The molecule has 1 N–H and O–H groups in total. The lowest BCUT2D eigenvalue weighted by molar-refractivity contribution is -0.767. The van der Waals surface area contributed by atoms with Crippen molar-refractivity contribution in [2.45, 2.75) is 6.29 Å². The monoisotopic (exact) mass is 301 g/mol. The summed E-state index contributed by atoms with van der Waals surface area (Å²) in [5.41, 5.74) is -0.00492. The van der Waals surface area contributed by atoms with E-state index in [1.807, 2.05) is 0 Å². The van der Waals surface area contributed by atoms with Crippen molar-refractivity contribution in [1.29, 1.82) is 0 Å². The van der Waals surface area contributed by atoms with Crippen LogP contribution in [0.3, 0.4) is 0 Å². The Bertz CT molecular complexity index is 676. The lowest BCUT2D eigenvalue weighted by Gasteiger charge is -2.28. The van der Waals surface area contributed by atoms with Crippen molar-refractivity contribution in [3.8, 4) is 0 Å². The molecule has 1 heterocycles. The maximum atomic E-state index is 13.4. The molecule has 9 heteroatoms. The molecule has 2 rings (SSSR count). The summed E-state index contributed by atoms with van der Waals surface area (Å²) in [6, 6.07) is 5.74. The van der Waals surface area contributed by atoms with Gasteiger partial charge in [0, 0.05) is 7.05 Å². The molecule has 0 aliphatic carbocycles. The first kappa shape index (κ1) is 14.6. The molecule has 0 spiro atoms. The van der Waals surface area contributed by atoms with Crippen molar-refractivity contribution in [2.75, 3.05) is 14.1 Å². The minimum Gasteiger partial charge on any atom is -0.305 e. The largest absolute Gasteiger partial charge is 0.440 e. The summed E-state index contributed by atoms with van der Waals surface area (Å²) < 4.78 is 44.8. The Morgan fingerprint density at radius 1 is 1.40 bits per heavy atom. The van der Waals surface area contributed by atoms with E-state index in [0.29, 0.717) is 0 Å². The van der Waals surface area contributed by atoms with Crippen LogP contribution in [0.4, 0.5) is 10.1 Å². The topological polar surface area (TPSA) is 82.3 Å². The third kappa shape index (κ3) is 2.42. The van der Waals surface area contributed by atoms with Crippen molar-refractivity contribution < 1.29 is 21.2 Å². The summed E-state index contributed by atoms with van der Waals surface area (Å²) in [5.74, 6) is -0.564. The highest BCUT2D eigenvalue weighted by Gasteiger charge is 2.48. The van der Waals surface area contributed by atoms with Crippen molar-refractivity contribution in [3.05, 3.63) is 42.5 Å². The molecule has 1 aliphatic heterocycles. The number of rotatable bonds is 3. The van der Waals surface area contributed by atoms with Gasteiger partial charge in [0.2, 0.25) is 0 Å². The average Bonchev–Trinajstić information content (AvgIpc) is 2.66. The third-order valence-electron chi connectivity index (χ3n) is 3.04. The first-order chi connectivity index (χ1) is 9.25. The van der Waals surface area contributed by atoms with Gasteiger partial charge in [-0.25, -0.2) is 8.94 Å². The van der Waals surface area contributed by atoms with Gasteiger partial charge in [-0.2, -0.15) is 0 Å². The Hall–Kier alpha value is -1.84. The van der Waals surface area contributed by atoms with Gasteiger partial charge in [0.15, 0.2) is 5.82 Å². The summed E-state index contributed by atoms with van der Waals surface area (Å²) in [6.45, 7) is 0. The molecular weight excluding hydrogens is 287 g/mol. The number of hydrogen-bond donors (Lipinski definition) is 1. The smallest absolute Gasteiger partial charge is 0.305 e. The number of hydrogen-bond acceptors (Lipinski definition) is 5. The van der Waals surface area contributed by atoms with Gasteiger partial charge in [0.1, 0.15) is 11.9 Å². The number of quaternary nitrogens is 1. The second-order valence-electron chi connectivity index (χ2n) is 4.48. The number of halogens is 1. The van der Waals surface area contributed by atoms with Gasteiger partial charge in [-0.3, -0.25) is 0 Å². The van der Waals surface area contributed by atoms with Gasteiger partial charge in [-0.15, -0.1) is 22.5 Å². The van der Waals surface area contributed by atoms with Crippen LogP contribution in [0.15, 0.2) is 46.9 Å². The molecule has 1 aromatic carbocycles. The molecule has 7 nitrogen and oxygen atoms in total. The third-order valence-corrected chi connectivity index (χ3v) is 4.34. The van der Waals surface area contributed by atoms with E-state index in [1.165, 1.54) is 42.5 Å². The summed E-state index contributed by atoms with van der Waals surface area (Å²) in [5, 5.41) is 7.56. The van der Waals surface area contributed by atoms with Crippen LogP contribution in [-0.4, -0.2) is 42.1 Å². The second-order valence-corrected chi connectivity index (χ2v) is 6.17. The molecule has 0 saturated heterocycles. The minimum atomic E-state index is -4.44. The molecule has 0 fully saturated rings. The van der Waals surface area contributed by atoms with E-state index in [-0.39, 0.29) is 5.69 Å². The molecule has 2 unspecified atom stereocenters. The lowest BCUT2D eigenvalue weighted by atomic mass is 10.3. The van der Waals surface area contributed by atoms with E-state index in [2.05, 4.69) is 10.2 Å². The highest BCUT2D eigenvalue weighted by molar-refractivity contribution is 7.80. The fourth-order valence-electron chi connectivity index (χ4n) is 1.78. The lowest BCUT2D eigenvalue weighted by Crippen LogP contribution is -2.52. The first-order valence-electron chi connectivity index (χ1n) is 5.66. The van der Waals surface area contributed by atoms with Gasteiger partial charge in [0.05, 0.1) is 13.2 Å². The molecule has 108 valence electrons. The average molecular weight is 301 g/mol. The Morgan fingerprint density at radius 2 is 2.05 bits per heavy atom. The summed E-state index contributed by atoms with van der Waals surface area (Å²) in [7, 11) is -1.59. The van der Waals surface area contributed by atoms with Gasteiger partial charge >= 0.3 is 16.6 Å². The molecule has 0 aromatic heterocycles. The maximum Gasteiger partial charge on any atom is 0.440 e. The fourth-order valence-corrected chi connectivity index (χ4v) is 2.42. The maximum absolute atomic E-state index is 13.4. The number of azo groups is 1. The van der Waals surface area contributed by atoms with Crippen molar-refractivity contribution in [1.82, 2.24) is 4.90 Å². The zero-order valence-corrected chi connectivity index (χ0v) is 11.7. The van der Waals surface area contributed by atoms with Crippen LogP contribution in [0, 0.1) is 5.82 Å². The Labute approximate surface area is 116 Å². The van der Waals surface area contributed by atoms with Gasteiger partial charge in [-0.1, -0.05) is 12.1 Å². The van der Waals surface area contributed by atoms with E-state index in [0.717, 1.165) is 0 Å². The summed E-state index contributed by atoms with van der Waals surface area (Å²) in [6.07, 6.45) is 1.70. The minimum absolute atomic E-state index is 0.00492. The molecule has 0 amide bonds. The molecule has 20 heavy (non-hydrogen) atoms. The molecule has 2 atom stereocenters. The van der Waals surface area contributed by atoms with Crippen molar-refractivity contribution in [2.24, 2.45) is 10.2 Å². The van der Waals surface area contributed by atoms with Crippen LogP contribution in [0.2, 0.25) is 0 Å². The van der Waals surface area contributed by atoms with Crippen LogP contribution in [0.5, 0.6) is 0 Å². The van der Waals surface area contributed by atoms with E-state index < -0.39 is 26.3 Å². The highest BCUT2D eigenvalue weighted by atomic mass is 32.2. The normalized spacial score (nSPS) is 26.6. The molecule has 0 saturated carbocycles. The molecule has 0 bridgehead atoms. The standard InChI is InChI=1S/C11H13FN4O3S/c1-15-7-8-16(2,20(17,18)19)11(15)14-13-10-6-4-3-5-9(10)12/h3-8,11H,1-2H3/p+1. The Kier molecular flexibility index (Phi) is 3.59. The van der Waals surface area contributed by atoms with Gasteiger partial charge in [-0.05, 0) is 12.1 Å². The van der Waals surface area contributed by atoms with Gasteiger partial charge in [0.25, 0.3) is 0 Å². The second kappa shape index (κ2) is 4.93. The van der Waals surface area contributed by atoms with Crippen LogP contribution in [-0.2, 0) is 10.3 Å². The quantitative estimate of drug-likeness (QED) is 0.525. The Balaban J connectivity index is 2.35. The zero-order valence-electron chi connectivity index (χ0n) is 10.9. The van der Waals surface area contributed by atoms with Crippen LogP contribution in [0.25, 0.3) is 0 Å². The molecular formula is C11H14FN4O3S+. The number of nitrogens with zero attached hydrogens (tertiary/aromatic N) is 4. The van der Waals surface area contributed by atoms with Crippen LogP contribution in [0.1, 0.15) is 0 Å². The summed E-state index contributed by atoms with van der Waals surface area (Å²) in [4.78, 5) is 1.46. The predicted molar refractivity (Wildman–Crippen MR) is 69.3 cm³/mol. The molecule has 1 aromatic rings. The van der Waals surface area contributed by atoms with E-state index in [4.69, 9.17) is 0 Å². The van der Waals surface area contributed by atoms with E-state index in [9.17, 15) is 17.4 Å². The Morgan fingerprint density at radius 3 is 2.65 bits per heavy atom. The predicted octanol–water partition coefficient (Wildman–Crippen LogP) is 1.86. The fraction of sp³-hybridized carbons (Fsp3) is 0.273. The van der Waals surface area contributed by atoms with Crippen LogP contribution >= 0.6 is 0 Å². The van der Waals surface area contributed by atoms with E-state index in [1.54, 1.807) is 13.1 Å². The van der Waals surface area contributed by atoms with E-state index >= 15 is 0 Å². The summed E-state index contributed by atoms with van der Waals surface area (Å²) >= 11 is 0. The van der Waals surface area contributed by atoms with Crippen molar-refractivity contribution >= 4 is 16.0 Å². The van der Waals surface area contributed by atoms with Gasteiger partial charge < -0.3 is 4.90 Å². The SMILES string of the molecule is CN1C=C[N+](C)(S(=O)(=O)O)C1N=Nc1ccccc1F. The first-order valence-corrected chi connectivity index (χ1v) is 7.05. The highest BCUT2D eigenvalue weighted by Crippen LogP contribution is 2.28.